The minimum Gasteiger partial charge on any atom is -0.313 e. The maximum atomic E-state index is 3.55. The van der Waals surface area contributed by atoms with Crippen molar-refractivity contribution < 1.29 is 0 Å². The Bertz CT molecular complexity index is 396. The Balaban J connectivity index is 1.74. The highest BCUT2D eigenvalue weighted by Crippen LogP contribution is 2.57. The SMILES string of the molecule is CNC(c1ccc(C(C)C)cc1)C1CC2CC2C1. The average Bonchev–Trinajstić information content (AvgIpc) is 2.98. The lowest BCUT2D eigenvalue weighted by molar-refractivity contribution is 0.359. The predicted octanol–water partition coefficient (Wildman–Crippen LogP) is 4.12. The van der Waals surface area contributed by atoms with E-state index in [2.05, 4.69) is 50.5 Å². The van der Waals surface area contributed by atoms with Crippen LogP contribution in [0.3, 0.4) is 0 Å². The molecular formula is C17H25N. The summed E-state index contributed by atoms with van der Waals surface area (Å²) in [6, 6.07) is 9.85. The minimum absolute atomic E-state index is 0.569. The molecule has 0 amide bonds. The second kappa shape index (κ2) is 4.70. The van der Waals surface area contributed by atoms with Crippen LogP contribution >= 0.6 is 0 Å². The van der Waals surface area contributed by atoms with E-state index in [1.165, 1.54) is 30.4 Å². The standard InChI is InChI=1S/C17H25N/c1-11(2)12-4-6-13(7-5-12)17(18-3)16-9-14-8-15(14)10-16/h4-7,11,14-18H,8-10H2,1-3H3. The number of benzene rings is 1. The quantitative estimate of drug-likeness (QED) is 0.839. The molecular weight excluding hydrogens is 218 g/mol. The average molecular weight is 243 g/mol. The summed E-state index contributed by atoms with van der Waals surface area (Å²) in [5, 5.41) is 3.55. The summed E-state index contributed by atoms with van der Waals surface area (Å²) in [4.78, 5) is 0. The molecule has 1 aromatic carbocycles. The van der Waals surface area contributed by atoms with E-state index in [4.69, 9.17) is 0 Å². The van der Waals surface area contributed by atoms with E-state index >= 15 is 0 Å². The maximum absolute atomic E-state index is 3.55. The fraction of sp³-hybridized carbons (Fsp3) is 0.647. The Morgan fingerprint density at radius 3 is 2.00 bits per heavy atom. The molecule has 0 radical (unpaired) electrons. The van der Waals surface area contributed by atoms with Crippen LogP contribution in [0, 0.1) is 17.8 Å². The van der Waals surface area contributed by atoms with Crippen molar-refractivity contribution in [1.29, 1.82) is 0 Å². The second-order valence-corrected chi connectivity index (χ2v) is 6.58. The van der Waals surface area contributed by atoms with Crippen molar-refractivity contribution in [2.24, 2.45) is 17.8 Å². The molecule has 98 valence electrons. The summed E-state index contributed by atoms with van der Waals surface area (Å²) in [6.07, 6.45) is 4.41. The summed E-state index contributed by atoms with van der Waals surface area (Å²) < 4.78 is 0. The molecule has 1 nitrogen and oxygen atoms in total. The number of hydrogen-bond acceptors (Lipinski definition) is 1. The summed E-state index contributed by atoms with van der Waals surface area (Å²) in [6.45, 7) is 4.52. The van der Waals surface area contributed by atoms with E-state index in [9.17, 15) is 0 Å². The van der Waals surface area contributed by atoms with Gasteiger partial charge in [0.05, 0.1) is 0 Å². The van der Waals surface area contributed by atoms with Crippen LogP contribution in [0.5, 0.6) is 0 Å². The molecule has 0 saturated heterocycles. The van der Waals surface area contributed by atoms with Gasteiger partial charge in [-0.15, -0.1) is 0 Å². The van der Waals surface area contributed by atoms with Gasteiger partial charge in [-0.3, -0.25) is 0 Å². The molecule has 2 aliphatic carbocycles. The third kappa shape index (κ3) is 2.21. The largest absolute Gasteiger partial charge is 0.313 e. The molecule has 2 saturated carbocycles. The van der Waals surface area contributed by atoms with Crippen molar-refractivity contribution in [2.45, 2.75) is 45.1 Å². The van der Waals surface area contributed by atoms with Crippen LogP contribution in [0.25, 0.3) is 0 Å². The second-order valence-electron chi connectivity index (χ2n) is 6.58. The Labute approximate surface area is 111 Å². The van der Waals surface area contributed by atoms with Gasteiger partial charge in [-0.2, -0.15) is 0 Å². The van der Waals surface area contributed by atoms with E-state index in [1.54, 1.807) is 0 Å². The van der Waals surface area contributed by atoms with Gasteiger partial charge < -0.3 is 5.32 Å². The van der Waals surface area contributed by atoms with E-state index in [0.29, 0.717) is 12.0 Å². The third-order valence-electron chi connectivity index (χ3n) is 5.02. The van der Waals surface area contributed by atoms with Crippen LogP contribution in [-0.2, 0) is 0 Å². The van der Waals surface area contributed by atoms with Crippen LogP contribution in [-0.4, -0.2) is 7.05 Å². The van der Waals surface area contributed by atoms with Crippen LogP contribution in [0.15, 0.2) is 24.3 Å². The minimum atomic E-state index is 0.569. The fourth-order valence-electron chi connectivity index (χ4n) is 3.80. The topological polar surface area (TPSA) is 12.0 Å². The highest BCUT2D eigenvalue weighted by Gasteiger charge is 2.47. The number of hydrogen-bond donors (Lipinski definition) is 1. The van der Waals surface area contributed by atoms with Crippen LogP contribution in [0.1, 0.15) is 56.2 Å². The molecule has 3 unspecified atom stereocenters. The molecule has 2 fully saturated rings. The molecule has 3 atom stereocenters. The number of rotatable bonds is 4. The third-order valence-corrected chi connectivity index (χ3v) is 5.02. The molecule has 1 aromatic rings. The van der Waals surface area contributed by atoms with Gasteiger partial charge in [-0.25, -0.2) is 0 Å². The molecule has 1 N–H and O–H groups in total. The Kier molecular flexibility index (Phi) is 3.19. The van der Waals surface area contributed by atoms with Crippen molar-refractivity contribution >= 4 is 0 Å². The van der Waals surface area contributed by atoms with E-state index in [0.717, 1.165) is 17.8 Å². The van der Waals surface area contributed by atoms with E-state index in [-0.39, 0.29) is 0 Å². The van der Waals surface area contributed by atoms with Gasteiger partial charge >= 0.3 is 0 Å². The van der Waals surface area contributed by atoms with Crippen molar-refractivity contribution in [2.75, 3.05) is 7.05 Å². The van der Waals surface area contributed by atoms with Crippen molar-refractivity contribution in [3.8, 4) is 0 Å². The van der Waals surface area contributed by atoms with Gasteiger partial charge in [-0.05, 0) is 61.1 Å². The zero-order valence-electron chi connectivity index (χ0n) is 11.8. The molecule has 0 heterocycles. The number of nitrogens with one attached hydrogen (secondary N) is 1. The van der Waals surface area contributed by atoms with E-state index in [1.807, 2.05) is 0 Å². The first-order chi connectivity index (χ1) is 8.69. The lowest BCUT2D eigenvalue weighted by Crippen LogP contribution is -2.24. The van der Waals surface area contributed by atoms with Crippen molar-refractivity contribution in [3.63, 3.8) is 0 Å². The molecule has 0 aliphatic heterocycles. The lowest BCUT2D eigenvalue weighted by atomic mass is 9.88. The van der Waals surface area contributed by atoms with Crippen LogP contribution in [0.4, 0.5) is 0 Å². The highest BCUT2D eigenvalue weighted by molar-refractivity contribution is 5.27. The zero-order valence-corrected chi connectivity index (χ0v) is 11.8. The summed E-state index contributed by atoms with van der Waals surface area (Å²) in [7, 11) is 2.12. The molecule has 18 heavy (non-hydrogen) atoms. The first-order valence-corrected chi connectivity index (χ1v) is 7.46. The van der Waals surface area contributed by atoms with Gasteiger partial charge in [-0.1, -0.05) is 38.1 Å². The Morgan fingerprint density at radius 2 is 1.50 bits per heavy atom. The van der Waals surface area contributed by atoms with Crippen LogP contribution in [0.2, 0.25) is 0 Å². The van der Waals surface area contributed by atoms with Crippen molar-refractivity contribution in [1.82, 2.24) is 5.32 Å². The van der Waals surface area contributed by atoms with Gasteiger partial charge in [0.15, 0.2) is 0 Å². The molecule has 2 aliphatic rings. The molecule has 1 heteroatoms. The highest BCUT2D eigenvalue weighted by atomic mass is 14.9. The maximum Gasteiger partial charge on any atom is 0.0346 e. The summed E-state index contributed by atoms with van der Waals surface area (Å²) in [5.74, 6) is 3.64. The van der Waals surface area contributed by atoms with Gasteiger partial charge in [0.2, 0.25) is 0 Å². The Morgan fingerprint density at radius 1 is 0.944 bits per heavy atom. The predicted molar refractivity (Wildman–Crippen MR) is 76.7 cm³/mol. The fourth-order valence-corrected chi connectivity index (χ4v) is 3.80. The Hall–Kier alpha value is -0.820. The summed E-state index contributed by atoms with van der Waals surface area (Å²) in [5.41, 5.74) is 2.93. The van der Waals surface area contributed by atoms with E-state index < -0.39 is 0 Å². The summed E-state index contributed by atoms with van der Waals surface area (Å²) >= 11 is 0. The lowest BCUT2D eigenvalue weighted by Gasteiger charge is -2.25. The molecule has 0 bridgehead atoms. The van der Waals surface area contributed by atoms with Crippen molar-refractivity contribution in [3.05, 3.63) is 35.4 Å². The first-order valence-electron chi connectivity index (χ1n) is 7.46. The molecule has 0 aromatic heterocycles. The zero-order chi connectivity index (χ0) is 12.7. The normalized spacial score (nSPS) is 31.4. The van der Waals surface area contributed by atoms with Gasteiger partial charge in [0.25, 0.3) is 0 Å². The number of fused-ring (bicyclic) bond motifs is 1. The first kappa shape index (κ1) is 12.2. The van der Waals surface area contributed by atoms with Gasteiger partial charge in [0.1, 0.15) is 0 Å². The van der Waals surface area contributed by atoms with Crippen LogP contribution < -0.4 is 5.32 Å². The van der Waals surface area contributed by atoms with Gasteiger partial charge in [0, 0.05) is 6.04 Å². The smallest absolute Gasteiger partial charge is 0.0346 e. The molecule has 0 spiro atoms. The molecule has 3 rings (SSSR count). The monoisotopic (exact) mass is 243 g/mol.